The topological polar surface area (TPSA) is 23.5 Å². The quantitative estimate of drug-likeness (QED) is 0.733. The Morgan fingerprint density at radius 3 is 2.52 bits per heavy atom. The summed E-state index contributed by atoms with van der Waals surface area (Å²) in [7, 11) is 7.82. The predicted molar refractivity (Wildman–Crippen MR) is 97.1 cm³/mol. The summed E-state index contributed by atoms with van der Waals surface area (Å²) >= 11 is 0. The van der Waals surface area contributed by atoms with Gasteiger partial charge in [0.15, 0.2) is 0 Å². The minimum atomic E-state index is -0.509. The summed E-state index contributed by atoms with van der Waals surface area (Å²) in [5, 5.41) is 12.9. The van der Waals surface area contributed by atoms with Crippen LogP contribution < -0.4 is 5.46 Å². The molecule has 3 aromatic carbocycles. The SMILES string of the molecule is [B]c1cccc(CN(C)CC(O)c2ccc3ccccc3c2)c1. The maximum atomic E-state index is 10.5. The molecule has 1 N–H and O–H groups in total. The van der Waals surface area contributed by atoms with Crippen molar-refractivity contribution in [2.75, 3.05) is 13.6 Å². The molecule has 0 aliphatic carbocycles. The van der Waals surface area contributed by atoms with Gasteiger partial charge in [0.05, 0.1) is 6.10 Å². The number of nitrogens with zero attached hydrogens (tertiary/aromatic N) is 1. The molecule has 0 heterocycles. The Hall–Kier alpha value is -2.10. The van der Waals surface area contributed by atoms with Crippen LogP contribution in [0.2, 0.25) is 0 Å². The third-order valence-corrected chi connectivity index (χ3v) is 4.05. The van der Waals surface area contributed by atoms with Crippen molar-refractivity contribution in [1.82, 2.24) is 4.90 Å². The van der Waals surface area contributed by atoms with Gasteiger partial charge in [-0.1, -0.05) is 66.1 Å². The molecular weight excluding hydrogens is 281 g/mol. The zero-order valence-corrected chi connectivity index (χ0v) is 13.3. The maximum Gasteiger partial charge on any atom is 0.113 e. The highest BCUT2D eigenvalue weighted by atomic mass is 16.3. The van der Waals surface area contributed by atoms with Crippen LogP contribution in [-0.4, -0.2) is 31.4 Å². The molecule has 3 heteroatoms. The first-order valence-corrected chi connectivity index (χ1v) is 7.81. The molecule has 2 nitrogen and oxygen atoms in total. The van der Waals surface area contributed by atoms with Crippen LogP contribution in [0.15, 0.2) is 66.7 Å². The van der Waals surface area contributed by atoms with Crippen molar-refractivity contribution in [3.8, 4) is 0 Å². The van der Waals surface area contributed by atoms with Gasteiger partial charge in [-0.15, -0.1) is 0 Å². The van der Waals surface area contributed by atoms with Crippen LogP contribution in [0, 0.1) is 0 Å². The van der Waals surface area contributed by atoms with Crippen LogP contribution in [-0.2, 0) is 6.54 Å². The summed E-state index contributed by atoms with van der Waals surface area (Å²) in [4.78, 5) is 2.11. The van der Waals surface area contributed by atoms with E-state index in [0.29, 0.717) is 6.54 Å². The summed E-state index contributed by atoms with van der Waals surface area (Å²) in [6.07, 6.45) is -0.509. The number of benzene rings is 3. The van der Waals surface area contributed by atoms with Gasteiger partial charge in [-0.3, -0.25) is 4.90 Å². The van der Waals surface area contributed by atoms with E-state index in [-0.39, 0.29) is 0 Å². The molecule has 2 radical (unpaired) electrons. The molecule has 1 atom stereocenters. The Balaban J connectivity index is 1.68. The predicted octanol–water partition coefficient (Wildman–Crippen LogP) is 2.80. The van der Waals surface area contributed by atoms with Gasteiger partial charge >= 0.3 is 0 Å². The molecule has 3 rings (SSSR count). The molecule has 0 fully saturated rings. The number of aliphatic hydroxyl groups is 1. The highest BCUT2D eigenvalue weighted by molar-refractivity contribution is 6.32. The normalized spacial score (nSPS) is 12.7. The first-order chi connectivity index (χ1) is 11.1. The fraction of sp³-hybridized carbons (Fsp3) is 0.200. The van der Waals surface area contributed by atoms with Crippen LogP contribution in [0.25, 0.3) is 10.8 Å². The van der Waals surface area contributed by atoms with E-state index in [2.05, 4.69) is 35.2 Å². The van der Waals surface area contributed by atoms with Crippen molar-refractivity contribution in [2.24, 2.45) is 0 Å². The Bertz CT molecular complexity index is 802. The average molecular weight is 301 g/mol. The van der Waals surface area contributed by atoms with Gasteiger partial charge in [0.2, 0.25) is 0 Å². The van der Waals surface area contributed by atoms with Crippen LogP contribution in [0.1, 0.15) is 17.2 Å². The van der Waals surface area contributed by atoms with E-state index >= 15 is 0 Å². The number of hydrogen-bond acceptors (Lipinski definition) is 2. The van der Waals surface area contributed by atoms with Gasteiger partial charge in [-0.05, 0) is 35.0 Å². The van der Waals surface area contributed by atoms with E-state index in [4.69, 9.17) is 7.85 Å². The first-order valence-electron chi connectivity index (χ1n) is 7.81. The Morgan fingerprint density at radius 2 is 1.74 bits per heavy atom. The minimum absolute atomic E-state index is 0.509. The highest BCUT2D eigenvalue weighted by Crippen LogP contribution is 2.21. The number of aliphatic hydroxyl groups excluding tert-OH is 1. The molecule has 0 aliphatic rings. The molecule has 0 aromatic heterocycles. The summed E-state index contributed by atoms with van der Waals surface area (Å²) in [5.41, 5.74) is 2.87. The second-order valence-electron chi connectivity index (χ2n) is 6.06. The lowest BCUT2D eigenvalue weighted by Gasteiger charge is -2.21. The third-order valence-electron chi connectivity index (χ3n) is 4.05. The minimum Gasteiger partial charge on any atom is -0.387 e. The smallest absolute Gasteiger partial charge is 0.113 e. The second-order valence-corrected chi connectivity index (χ2v) is 6.06. The Labute approximate surface area is 138 Å². The van der Waals surface area contributed by atoms with Crippen molar-refractivity contribution >= 4 is 24.1 Å². The second kappa shape index (κ2) is 6.99. The molecule has 0 aliphatic heterocycles. The van der Waals surface area contributed by atoms with Gasteiger partial charge < -0.3 is 5.11 Å². The number of rotatable bonds is 5. The van der Waals surface area contributed by atoms with E-state index in [1.54, 1.807) is 0 Å². The maximum absolute atomic E-state index is 10.5. The average Bonchev–Trinajstić information content (AvgIpc) is 2.54. The van der Waals surface area contributed by atoms with E-state index in [0.717, 1.165) is 28.5 Å². The van der Waals surface area contributed by atoms with Gasteiger partial charge in [0, 0.05) is 13.1 Å². The zero-order valence-electron chi connectivity index (χ0n) is 13.3. The molecule has 0 spiro atoms. The van der Waals surface area contributed by atoms with Crippen LogP contribution in [0.5, 0.6) is 0 Å². The third kappa shape index (κ3) is 4.01. The van der Waals surface area contributed by atoms with Gasteiger partial charge in [0.25, 0.3) is 0 Å². The molecule has 0 amide bonds. The number of likely N-dealkylation sites (N-methyl/N-ethyl adjacent to an activating group) is 1. The van der Waals surface area contributed by atoms with Crippen LogP contribution in [0.3, 0.4) is 0 Å². The lowest BCUT2D eigenvalue weighted by Crippen LogP contribution is -2.24. The fourth-order valence-electron chi connectivity index (χ4n) is 2.88. The lowest BCUT2D eigenvalue weighted by molar-refractivity contribution is 0.124. The monoisotopic (exact) mass is 301 g/mol. The standard InChI is InChI=1S/C20H20BNO/c1-22(13-15-5-4-8-19(21)11-15)14-20(23)18-10-9-16-6-2-3-7-17(16)12-18/h2-12,20,23H,13-14H2,1H3. The molecule has 0 saturated carbocycles. The van der Waals surface area contributed by atoms with Crippen molar-refractivity contribution in [3.63, 3.8) is 0 Å². The van der Waals surface area contributed by atoms with Crippen molar-refractivity contribution in [2.45, 2.75) is 12.6 Å². The molecule has 23 heavy (non-hydrogen) atoms. The molecular formula is C20H20BNO. The summed E-state index contributed by atoms with van der Waals surface area (Å²) in [5.74, 6) is 0. The first kappa shape index (κ1) is 15.8. The van der Waals surface area contributed by atoms with Crippen LogP contribution in [0.4, 0.5) is 0 Å². The van der Waals surface area contributed by atoms with Crippen molar-refractivity contribution in [3.05, 3.63) is 77.9 Å². The van der Waals surface area contributed by atoms with Crippen LogP contribution >= 0.6 is 0 Å². The van der Waals surface area contributed by atoms with E-state index < -0.39 is 6.10 Å². The molecule has 1 unspecified atom stereocenters. The van der Waals surface area contributed by atoms with E-state index in [1.165, 1.54) is 5.39 Å². The largest absolute Gasteiger partial charge is 0.387 e. The van der Waals surface area contributed by atoms with E-state index in [1.807, 2.05) is 43.4 Å². The highest BCUT2D eigenvalue weighted by Gasteiger charge is 2.11. The van der Waals surface area contributed by atoms with E-state index in [9.17, 15) is 5.11 Å². The number of hydrogen-bond donors (Lipinski definition) is 1. The summed E-state index contributed by atoms with van der Waals surface area (Å²) < 4.78 is 0. The summed E-state index contributed by atoms with van der Waals surface area (Å²) in [6.45, 7) is 1.34. The lowest BCUT2D eigenvalue weighted by atomic mass is 9.94. The fourth-order valence-corrected chi connectivity index (χ4v) is 2.88. The Morgan fingerprint density at radius 1 is 0.957 bits per heavy atom. The zero-order chi connectivity index (χ0) is 16.2. The van der Waals surface area contributed by atoms with Crippen molar-refractivity contribution < 1.29 is 5.11 Å². The Kier molecular flexibility index (Phi) is 4.80. The molecule has 0 saturated heterocycles. The van der Waals surface area contributed by atoms with Gasteiger partial charge in [-0.25, -0.2) is 0 Å². The van der Waals surface area contributed by atoms with Gasteiger partial charge in [0.1, 0.15) is 7.85 Å². The number of fused-ring (bicyclic) bond motifs is 1. The summed E-state index contributed by atoms with van der Waals surface area (Å²) in [6, 6.07) is 22.2. The molecule has 3 aromatic rings. The van der Waals surface area contributed by atoms with Crippen molar-refractivity contribution in [1.29, 1.82) is 0 Å². The molecule has 114 valence electrons. The molecule has 0 bridgehead atoms. The van der Waals surface area contributed by atoms with Gasteiger partial charge in [-0.2, -0.15) is 0 Å².